The lowest BCUT2D eigenvalue weighted by Crippen LogP contribution is -2.48. The van der Waals surface area contributed by atoms with Gasteiger partial charge in [0.25, 0.3) is 5.91 Å². The average Bonchev–Trinajstić information content (AvgIpc) is 3.60. The van der Waals surface area contributed by atoms with Crippen LogP contribution in [0, 0.1) is 13.8 Å². The maximum atomic E-state index is 13.9. The molecule has 0 aliphatic carbocycles. The number of nitrogens with one attached hydrogen (secondary N) is 1. The zero-order chi connectivity index (χ0) is 27.8. The Kier molecular flexibility index (Phi) is 7.57. The van der Waals surface area contributed by atoms with Gasteiger partial charge >= 0.3 is 0 Å². The second kappa shape index (κ2) is 10.9. The third-order valence-electron chi connectivity index (χ3n) is 7.58. The minimum atomic E-state index is -0.949. The first-order chi connectivity index (χ1) is 18.7. The van der Waals surface area contributed by atoms with E-state index in [1.54, 1.807) is 16.2 Å². The highest BCUT2D eigenvalue weighted by Gasteiger charge is 2.42. The smallest absolute Gasteiger partial charge is 0.270 e. The number of β-amino-alcohol motifs (C(OH)–C–C–N with tert-alkyl or cyclic N) is 1. The van der Waals surface area contributed by atoms with E-state index in [9.17, 15) is 19.8 Å². The molecule has 9 heteroatoms. The molecule has 0 saturated carbocycles. The number of likely N-dealkylation sites (tertiary alicyclic amines) is 1. The Labute approximate surface area is 232 Å². The van der Waals surface area contributed by atoms with Crippen molar-refractivity contribution in [2.24, 2.45) is 0 Å². The van der Waals surface area contributed by atoms with E-state index in [4.69, 9.17) is 0 Å². The first kappa shape index (κ1) is 27.1. The topological polar surface area (TPSA) is 106 Å². The van der Waals surface area contributed by atoms with Gasteiger partial charge in [0.05, 0.1) is 22.2 Å². The summed E-state index contributed by atoms with van der Waals surface area (Å²) in [6.45, 7) is 8.42. The van der Waals surface area contributed by atoms with Gasteiger partial charge in [0, 0.05) is 31.6 Å². The maximum absolute atomic E-state index is 13.9. The number of nitrogens with zero attached hydrogens (tertiary/aromatic N) is 3. The van der Waals surface area contributed by atoms with Crippen molar-refractivity contribution in [3.8, 4) is 10.4 Å². The molecule has 1 aromatic heterocycles. The van der Waals surface area contributed by atoms with Crippen LogP contribution in [0.1, 0.15) is 54.4 Å². The number of hydrogen-bond acceptors (Lipinski definition) is 7. The van der Waals surface area contributed by atoms with Crippen LogP contribution in [0.2, 0.25) is 0 Å². The van der Waals surface area contributed by atoms with Crippen molar-refractivity contribution in [1.82, 2.24) is 20.1 Å². The highest BCUT2D eigenvalue weighted by atomic mass is 32.1. The fourth-order valence-corrected chi connectivity index (χ4v) is 6.33. The van der Waals surface area contributed by atoms with E-state index in [0.717, 1.165) is 44.0 Å². The number of aliphatic hydroxyl groups excluding tert-OH is 2. The largest absolute Gasteiger partial charge is 0.391 e. The normalized spacial score (nSPS) is 20.2. The van der Waals surface area contributed by atoms with Crippen LogP contribution >= 0.6 is 11.3 Å². The van der Waals surface area contributed by atoms with Crippen molar-refractivity contribution >= 4 is 23.2 Å². The standard InChI is InChI=1S/C30H34N4O4S/c1-17(2)26(34-14-22-7-5-6-8-24(22)29(34)37)30(38)33-15-23(35)12-25(33)28(36)31-13-21-10-9-20(11-18(21)3)27-19(4)32-16-39-27/h5-11,16,23,25,29,35,37H,12-15H2,1-4H3,(H,31,36)/t23-,25+,29?/m1/s1. The van der Waals surface area contributed by atoms with Crippen molar-refractivity contribution < 1.29 is 19.8 Å². The summed E-state index contributed by atoms with van der Waals surface area (Å²) in [7, 11) is 0. The highest BCUT2D eigenvalue weighted by Crippen LogP contribution is 2.37. The Balaban J connectivity index is 1.30. The van der Waals surface area contributed by atoms with E-state index >= 15 is 0 Å². The van der Waals surface area contributed by atoms with Gasteiger partial charge in [-0.1, -0.05) is 42.5 Å². The first-order valence-corrected chi connectivity index (χ1v) is 14.0. The number of allylic oxidation sites excluding steroid dienone is 1. The fraction of sp³-hybridized carbons (Fsp3) is 0.367. The third-order valence-corrected chi connectivity index (χ3v) is 8.56. The molecule has 8 nitrogen and oxygen atoms in total. The first-order valence-electron chi connectivity index (χ1n) is 13.1. The SMILES string of the molecule is CC(C)=C(C(=O)N1C[C@H](O)C[C@H]1C(=O)NCc1ccc(-c2scnc2C)cc1C)N1Cc2ccccc2C1O. The molecule has 0 bridgehead atoms. The van der Waals surface area contributed by atoms with E-state index < -0.39 is 18.4 Å². The molecule has 3 atom stereocenters. The Hall–Kier alpha value is -3.53. The van der Waals surface area contributed by atoms with E-state index in [1.165, 1.54) is 4.90 Å². The summed E-state index contributed by atoms with van der Waals surface area (Å²) in [4.78, 5) is 35.8. The predicted octanol–water partition coefficient (Wildman–Crippen LogP) is 3.81. The van der Waals surface area contributed by atoms with Gasteiger partial charge in [-0.2, -0.15) is 0 Å². The maximum Gasteiger partial charge on any atom is 0.270 e. The average molecular weight is 547 g/mol. The number of aliphatic hydroxyl groups is 2. The van der Waals surface area contributed by atoms with Crippen LogP contribution in [0.4, 0.5) is 0 Å². The minimum absolute atomic E-state index is 0.0620. The zero-order valence-electron chi connectivity index (χ0n) is 22.6. The number of rotatable bonds is 6. The second-order valence-electron chi connectivity index (χ2n) is 10.5. The number of aryl methyl sites for hydroxylation is 2. The molecular formula is C30H34N4O4S. The summed E-state index contributed by atoms with van der Waals surface area (Å²) in [5, 5.41) is 24.4. The molecule has 1 saturated heterocycles. The van der Waals surface area contributed by atoms with Gasteiger partial charge < -0.3 is 25.3 Å². The van der Waals surface area contributed by atoms with Gasteiger partial charge in [-0.05, 0) is 55.5 Å². The van der Waals surface area contributed by atoms with Crippen LogP contribution < -0.4 is 5.32 Å². The fourth-order valence-electron chi connectivity index (χ4n) is 5.53. The molecule has 2 amide bonds. The van der Waals surface area contributed by atoms with E-state index in [1.807, 2.05) is 69.6 Å². The minimum Gasteiger partial charge on any atom is -0.391 e. The lowest BCUT2D eigenvalue weighted by atomic mass is 10.0. The Bertz CT molecular complexity index is 1440. The molecule has 1 fully saturated rings. The predicted molar refractivity (Wildman–Crippen MR) is 150 cm³/mol. The van der Waals surface area contributed by atoms with Crippen LogP contribution in [0.15, 0.2) is 59.2 Å². The van der Waals surface area contributed by atoms with Gasteiger partial charge in [0.2, 0.25) is 5.91 Å². The van der Waals surface area contributed by atoms with E-state index in [-0.39, 0.29) is 24.8 Å². The Morgan fingerprint density at radius 2 is 1.87 bits per heavy atom. The van der Waals surface area contributed by atoms with Gasteiger partial charge in [-0.3, -0.25) is 9.59 Å². The van der Waals surface area contributed by atoms with Gasteiger partial charge in [-0.15, -0.1) is 11.3 Å². The molecule has 0 radical (unpaired) electrons. The van der Waals surface area contributed by atoms with Crippen molar-refractivity contribution in [3.05, 3.63) is 87.2 Å². The molecule has 0 spiro atoms. The summed E-state index contributed by atoms with van der Waals surface area (Å²) in [5.41, 5.74) is 8.77. The molecule has 2 aliphatic heterocycles. The molecule has 5 rings (SSSR count). The number of benzene rings is 2. The molecule has 39 heavy (non-hydrogen) atoms. The van der Waals surface area contributed by atoms with Crippen LogP contribution in [0.5, 0.6) is 0 Å². The number of aromatic nitrogens is 1. The molecule has 3 heterocycles. The number of carbonyl (C=O) groups is 2. The van der Waals surface area contributed by atoms with Crippen molar-refractivity contribution in [2.75, 3.05) is 6.54 Å². The number of amides is 2. The molecule has 3 aromatic rings. The monoisotopic (exact) mass is 546 g/mol. The number of carbonyl (C=O) groups excluding carboxylic acids is 2. The summed E-state index contributed by atoms with van der Waals surface area (Å²) >= 11 is 1.60. The Morgan fingerprint density at radius 3 is 2.54 bits per heavy atom. The number of fused-ring (bicyclic) bond motifs is 1. The van der Waals surface area contributed by atoms with Crippen LogP contribution in [0.25, 0.3) is 10.4 Å². The van der Waals surface area contributed by atoms with Crippen molar-refractivity contribution in [3.63, 3.8) is 0 Å². The number of thiazole rings is 1. The third kappa shape index (κ3) is 5.22. The lowest BCUT2D eigenvalue weighted by molar-refractivity contribution is -0.138. The summed E-state index contributed by atoms with van der Waals surface area (Å²) in [6, 6.07) is 12.9. The zero-order valence-corrected chi connectivity index (χ0v) is 23.5. The van der Waals surface area contributed by atoms with Gasteiger partial charge in [0.15, 0.2) is 6.23 Å². The van der Waals surface area contributed by atoms with Crippen LogP contribution in [-0.4, -0.2) is 55.5 Å². The Morgan fingerprint density at radius 1 is 1.10 bits per heavy atom. The van der Waals surface area contributed by atoms with Crippen molar-refractivity contribution in [1.29, 1.82) is 0 Å². The number of hydrogen-bond donors (Lipinski definition) is 3. The molecule has 204 valence electrons. The van der Waals surface area contributed by atoms with Gasteiger partial charge in [-0.25, -0.2) is 4.98 Å². The lowest BCUT2D eigenvalue weighted by Gasteiger charge is -2.31. The quantitative estimate of drug-likeness (QED) is 0.406. The molecular weight excluding hydrogens is 512 g/mol. The highest BCUT2D eigenvalue weighted by molar-refractivity contribution is 7.13. The molecule has 2 aromatic carbocycles. The summed E-state index contributed by atoms with van der Waals surface area (Å²) < 4.78 is 0. The van der Waals surface area contributed by atoms with Gasteiger partial charge in [0.1, 0.15) is 11.7 Å². The van der Waals surface area contributed by atoms with E-state index in [0.29, 0.717) is 18.8 Å². The van der Waals surface area contributed by atoms with Crippen LogP contribution in [-0.2, 0) is 22.7 Å². The molecule has 3 N–H and O–H groups in total. The van der Waals surface area contributed by atoms with Crippen molar-refractivity contribution in [2.45, 2.75) is 65.6 Å². The molecule has 1 unspecified atom stereocenters. The van der Waals surface area contributed by atoms with Crippen LogP contribution in [0.3, 0.4) is 0 Å². The summed E-state index contributed by atoms with van der Waals surface area (Å²) in [5.74, 6) is -0.668. The summed E-state index contributed by atoms with van der Waals surface area (Å²) in [6.07, 6.45) is -1.58. The van der Waals surface area contributed by atoms with E-state index in [2.05, 4.69) is 16.4 Å². The molecule has 2 aliphatic rings. The second-order valence-corrected chi connectivity index (χ2v) is 11.4.